The highest BCUT2D eigenvalue weighted by molar-refractivity contribution is 9.10. The van der Waals surface area contributed by atoms with Crippen LogP contribution in [0.5, 0.6) is 5.75 Å². The van der Waals surface area contributed by atoms with E-state index in [0.29, 0.717) is 20.9 Å². The molecule has 0 bridgehead atoms. The molecule has 1 aliphatic carbocycles. The third-order valence-electron chi connectivity index (χ3n) is 4.47. The summed E-state index contributed by atoms with van der Waals surface area (Å²) in [5, 5.41) is 11.0. The van der Waals surface area contributed by atoms with Crippen molar-refractivity contribution in [3.8, 4) is 5.75 Å². The zero-order chi connectivity index (χ0) is 16.7. The standard InChI is InChI=1S/C16H17BrN2O4/c1-8-11-10(7-18-13(14(11)20)16(22)23-2)19(15(21)12(8)17)9-5-3-4-6-9/h7,9,20H,3-6H2,1-2H3. The van der Waals surface area contributed by atoms with Gasteiger partial charge >= 0.3 is 5.97 Å². The van der Waals surface area contributed by atoms with E-state index in [1.54, 1.807) is 11.5 Å². The van der Waals surface area contributed by atoms with Gasteiger partial charge in [0, 0.05) is 11.4 Å². The number of nitrogens with zero attached hydrogens (tertiary/aromatic N) is 2. The number of aromatic nitrogens is 2. The molecule has 0 atom stereocenters. The Morgan fingerprint density at radius 1 is 1.43 bits per heavy atom. The molecule has 7 heteroatoms. The second-order valence-electron chi connectivity index (χ2n) is 5.76. The minimum atomic E-state index is -0.710. The first-order chi connectivity index (χ1) is 11.0. The van der Waals surface area contributed by atoms with Crippen LogP contribution in [0.2, 0.25) is 0 Å². The Bertz CT molecular complexity index is 854. The average molecular weight is 381 g/mol. The number of carbonyl (C=O) groups excluding carboxylic acids is 1. The van der Waals surface area contributed by atoms with Gasteiger partial charge in [0.1, 0.15) is 0 Å². The third-order valence-corrected chi connectivity index (χ3v) is 5.41. The van der Waals surface area contributed by atoms with Crippen molar-refractivity contribution < 1.29 is 14.6 Å². The maximum Gasteiger partial charge on any atom is 0.360 e. The molecule has 0 saturated heterocycles. The number of halogens is 1. The minimum absolute atomic E-state index is 0.0899. The van der Waals surface area contributed by atoms with Crippen LogP contribution in [0.15, 0.2) is 15.5 Å². The average Bonchev–Trinajstić information content (AvgIpc) is 3.06. The van der Waals surface area contributed by atoms with Crippen molar-refractivity contribution in [2.24, 2.45) is 0 Å². The SMILES string of the molecule is COC(=O)c1ncc2c(c(C)c(Br)c(=O)n2C2CCCC2)c1O. The molecule has 2 heterocycles. The molecule has 2 aromatic rings. The first-order valence-corrected chi connectivity index (χ1v) is 8.27. The number of carbonyl (C=O) groups is 1. The smallest absolute Gasteiger partial charge is 0.360 e. The number of hydrogen-bond acceptors (Lipinski definition) is 5. The van der Waals surface area contributed by atoms with Gasteiger partial charge in [-0.1, -0.05) is 12.8 Å². The Morgan fingerprint density at radius 3 is 2.70 bits per heavy atom. The zero-order valence-corrected chi connectivity index (χ0v) is 14.5. The zero-order valence-electron chi connectivity index (χ0n) is 12.9. The van der Waals surface area contributed by atoms with E-state index < -0.39 is 5.97 Å². The Hall–Kier alpha value is -1.89. The highest BCUT2D eigenvalue weighted by Crippen LogP contribution is 2.36. The molecule has 23 heavy (non-hydrogen) atoms. The minimum Gasteiger partial charge on any atom is -0.505 e. The summed E-state index contributed by atoms with van der Waals surface area (Å²) >= 11 is 3.33. The summed E-state index contributed by atoms with van der Waals surface area (Å²) < 4.78 is 6.73. The lowest BCUT2D eigenvalue weighted by Gasteiger charge is -2.20. The molecule has 0 unspecified atom stereocenters. The van der Waals surface area contributed by atoms with Crippen LogP contribution >= 0.6 is 15.9 Å². The Labute approximate surface area is 141 Å². The number of rotatable bonds is 2. The van der Waals surface area contributed by atoms with Gasteiger partial charge in [-0.15, -0.1) is 0 Å². The fourth-order valence-corrected chi connectivity index (χ4v) is 3.69. The molecule has 6 nitrogen and oxygen atoms in total. The van der Waals surface area contributed by atoms with Gasteiger partial charge in [-0.3, -0.25) is 4.79 Å². The van der Waals surface area contributed by atoms with Crippen LogP contribution in [0.1, 0.15) is 47.8 Å². The van der Waals surface area contributed by atoms with Gasteiger partial charge in [-0.05, 0) is 41.3 Å². The van der Waals surface area contributed by atoms with E-state index in [1.807, 2.05) is 0 Å². The first-order valence-electron chi connectivity index (χ1n) is 7.48. The second-order valence-corrected chi connectivity index (χ2v) is 6.55. The van der Waals surface area contributed by atoms with Gasteiger partial charge in [-0.25, -0.2) is 9.78 Å². The van der Waals surface area contributed by atoms with Gasteiger partial charge < -0.3 is 14.4 Å². The number of pyridine rings is 2. The number of esters is 1. The van der Waals surface area contributed by atoms with Gasteiger partial charge in [0.05, 0.1) is 23.3 Å². The molecule has 0 amide bonds. The summed E-state index contributed by atoms with van der Waals surface area (Å²) in [6, 6.07) is 0.0899. The summed E-state index contributed by atoms with van der Waals surface area (Å²) in [5.74, 6) is -0.960. The number of aryl methyl sites for hydroxylation is 1. The molecule has 0 spiro atoms. The number of methoxy groups -OCH3 is 1. The molecule has 0 aliphatic heterocycles. The molecule has 1 aliphatic rings. The van der Waals surface area contributed by atoms with E-state index in [2.05, 4.69) is 25.7 Å². The first kappa shape index (κ1) is 16.0. The van der Waals surface area contributed by atoms with Crippen LogP contribution in [0.4, 0.5) is 0 Å². The van der Waals surface area contributed by atoms with Crippen LogP contribution < -0.4 is 5.56 Å². The quantitative estimate of drug-likeness (QED) is 0.809. The molecule has 2 aromatic heterocycles. The largest absolute Gasteiger partial charge is 0.505 e. The lowest BCUT2D eigenvalue weighted by molar-refractivity contribution is 0.0591. The van der Waals surface area contributed by atoms with Crippen molar-refractivity contribution in [2.75, 3.05) is 7.11 Å². The second kappa shape index (κ2) is 5.96. The van der Waals surface area contributed by atoms with Gasteiger partial charge in [0.15, 0.2) is 11.4 Å². The summed E-state index contributed by atoms with van der Waals surface area (Å²) in [7, 11) is 1.23. The normalized spacial score (nSPS) is 15.3. The topological polar surface area (TPSA) is 81.4 Å². The van der Waals surface area contributed by atoms with Crippen molar-refractivity contribution in [1.82, 2.24) is 9.55 Å². The number of ether oxygens (including phenoxy) is 1. The number of fused-ring (bicyclic) bond motifs is 1. The van der Waals surface area contributed by atoms with Crippen molar-refractivity contribution in [3.05, 3.63) is 32.3 Å². The Balaban J connectivity index is 2.39. The molecule has 1 N–H and O–H groups in total. The van der Waals surface area contributed by atoms with Crippen molar-refractivity contribution in [3.63, 3.8) is 0 Å². The van der Waals surface area contributed by atoms with E-state index in [0.717, 1.165) is 25.7 Å². The summed E-state index contributed by atoms with van der Waals surface area (Å²) in [4.78, 5) is 28.5. The lowest BCUT2D eigenvalue weighted by Crippen LogP contribution is -2.26. The van der Waals surface area contributed by atoms with E-state index in [1.165, 1.54) is 13.3 Å². The molecule has 0 aromatic carbocycles. The fraction of sp³-hybridized carbons (Fsp3) is 0.438. The van der Waals surface area contributed by atoms with Crippen molar-refractivity contribution in [1.29, 1.82) is 0 Å². The molecule has 122 valence electrons. The lowest BCUT2D eigenvalue weighted by atomic mass is 10.1. The maximum absolute atomic E-state index is 12.7. The molecule has 3 rings (SSSR count). The Morgan fingerprint density at radius 2 is 2.09 bits per heavy atom. The van der Waals surface area contributed by atoms with E-state index >= 15 is 0 Å². The van der Waals surface area contributed by atoms with Gasteiger partial charge in [-0.2, -0.15) is 0 Å². The van der Waals surface area contributed by atoms with E-state index in [9.17, 15) is 14.7 Å². The molecule has 0 radical (unpaired) electrons. The highest BCUT2D eigenvalue weighted by Gasteiger charge is 2.26. The monoisotopic (exact) mass is 380 g/mol. The van der Waals surface area contributed by atoms with E-state index in [-0.39, 0.29) is 23.0 Å². The maximum atomic E-state index is 12.7. The predicted molar refractivity (Wildman–Crippen MR) is 88.9 cm³/mol. The van der Waals surface area contributed by atoms with Crippen LogP contribution in [0.25, 0.3) is 10.9 Å². The summed E-state index contributed by atoms with van der Waals surface area (Å²) in [5.41, 5.74) is 0.859. The van der Waals surface area contributed by atoms with Crippen molar-refractivity contribution in [2.45, 2.75) is 38.6 Å². The van der Waals surface area contributed by atoms with Gasteiger partial charge in [0.25, 0.3) is 5.56 Å². The summed E-state index contributed by atoms with van der Waals surface area (Å²) in [6.45, 7) is 1.73. The predicted octanol–water partition coefficient (Wildman–Crippen LogP) is 3.07. The van der Waals surface area contributed by atoms with Crippen LogP contribution in [0, 0.1) is 6.92 Å². The van der Waals surface area contributed by atoms with E-state index in [4.69, 9.17) is 0 Å². The molecule has 1 fully saturated rings. The molecular formula is C16H17BrN2O4. The summed E-state index contributed by atoms with van der Waals surface area (Å²) in [6.07, 6.45) is 5.46. The highest BCUT2D eigenvalue weighted by atomic mass is 79.9. The molecule has 1 saturated carbocycles. The van der Waals surface area contributed by atoms with Crippen LogP contribution in [0.3, 0.4) is 0 Å². The van der Waals surface area contributed by atoms with Crippen LogP contribution in [-0.4, -0.2) is 27.7 Å². The molecular weight excluding hydrogens is 364 g/mol. The number of aromatic hydroxyl groups is 1. The third kappa shape index (κ3) is 2.43. The van der Waals surface area contributed by atoms with Crippen molar-refractivity contribution >= 4 is 32.8 Å². The van der Waals surface area contributed by atoms with Gasteiger partial charge in [0.2, 0.25) is 0 Å². The number of hydrogen-bond donors (Lipinski definition) is 1. The van der Waals surface area contributed by atoms with Crippen LogP contribution in [-0.2, 0) is 4.74 Å². The fourth-order valence-electron chi connectivity index (χ4n) is 3.30. The Kier molecular flexibility index (Phi) is 4.14.